The molecule has 2 aromatic carbocycles. The fraction of sp³-hybridized carbons (Fsp3) is 0.294. The van der Waals surface area contributed by atoms with E-state index in [1.807, 2.05) is 0 Å². The van der Waals surface area contributed by atoms with Crippen molar-refractivity contribution in [2.45, 2.75) is 19.9 Å². The first-order valence-corrected chi connectivity index (χ1v) is 8.47. The number of aryl methyl sites for hydroxylation is 2. The molecule has 0 aliphatic rings. The average Bonchev–Trinajstić information content (AvgIpc) is 2.42. The van der Waals surface area contributed by atoms with Gasteiger partial charge in [0.15, 0.2) is 0 Å². The zero-order valence-corrected chi connectivity index (χ0v) is 15.7. The summed E-state index contributed by atoms with van der Waals surface area (Å²) in [4.78, 5) is 2.25. The predicted molar refractivity (Wildman–Crippen MR) is 98.0 cm³/mol. The van der Waals surface area contributed by atoms with Crippen LogP contribution < -0.4 is 10.6 Å². The molecule has 0 amide bonds. The van der Waals surface area contributed by atoms with Gasteiger partial charge in [-0.2, -0.15) is 0 Å². The highest BCUT2D eigenvalue weighted by Gasteiger charge is 2.17. The Morgan fingerprint density at radius 2 is 1.62 bits per heavy atom. The van der Waals surface area contributed by atoms with Gasteiger partial charge in [0.2, 0.25) is 0 Å². The van der Waals surface area contributed by atoms with Crippen LogP contribution in [0.2, 0.25) is 0 Å². The van der Waals surface area contributed by atoms with Gasteiger partial charge in [-0.3, -0.25) is 0 Å². The van der Waals surface area contributed by atoms with Gasteiger partial charge < -0.3 is 10.6 Å². The molecule has 1 unspecified atom stereocenters. The number of hydrogen-bond acceptors (Lipinski definition) is 2. The van der Waals surface area contributed by atoms with E-state index >= 15 is 0 Å². The predicted octanol–water partition coefficient (Wildman–Crippen LogP) is 4.96. The Labute approximate surface area is 143 Å². The summed E-state index contributed by atoms with van der Waals surface area (Å²) in [5.41, 5.74) is 11.0. The number of nitrogens with zero attached hydrogens (tertiary/aromatic N) is 1. The van der Waals surface area contributed by atoms with E-state index in [1.54, 1.807) is 0 Å². The molecule has 4 heteroatoms. The van der Waals surface area contributed by atoms with Gasteiger partial charge in [-0.05, 0) is 86.7 Å². The molecule has 0 saturated carbocycles. The average molecular weight is 412 g/mol. The van der Waals surface area contributed by atoms with Gasteiger partial charge in [0.1, 0.15) is 0 Å². The Bertz CT molecular complexity index is 620. The first kappa shape index (κ1) is 16.5. The van der Waals surface area contributed by atoms with Crippen LogP contribution >= 0.6 is 31.9 Å². The quantitative estimate of drug-likeness (QED) is 0.769. The maximum atomic E-state index is 6.04. The molecule has 2 aromatic rings. The SMILES string of the molecule is Cc1cc(C)cc(N(C)C(CN)c2ccc(Br)c(Br)c2)c1. The van der Waals surface area contributed by atoms with Crippen LogP contribution in [0.4, 0.5) is 5.69 Å². The molecular weight excluding hydrogens is 392 g/mol. The summed E-state index contributed by atoms with van der Waals surface area (Å²) in [6, 6.07) is 13.0. The van der Waals surface area contributed by atoms with E-state index in [9.17, 15) is 0 Å². The molecule has 0 spiro atoms. The minimum atomic E-state index is 0.149. The van der Waals surface area contributed by atoms with Gasteiger partial charge in [-0.25, -0.2) is 0 Å². The lowest BCUT2D eigenvalue weighted by molar-refractivity contribution is 0.680. The normalized spacial score (nSPS) is 12.3. The zero-order valence-electron chi connectivity index (χ0n) is 12.5. The van der Waals surface area contributed by atoms with Crippen LogP contribution in [0.1, 0.15) is 22.7 Å². The second-order valence-electron chi connectivity index (χ2n) is 5.38. The fourth-order valence-electron chi connectivity index (χ4n) is 2.57. The van der Waals surface area contributed by atoms with Crippen LogP contribution in [0, 0.1) is 13.8 Å². The van der Waals surface area contributed by atoms with Crippen LogP contribution in [0.3, 0.4) is 0 Å². The third-order valence-corrected chi connectivity index (χ3v) is 5.51. The molecule has 0 aliphatic heterocycles. The minimum absolute atomic E-state index is 0.149. The van der Waals surface area contributed by atoms with Gasteiger partial charge in [-0.15, -0.1) is 0 Å². The molecule has 21 heavy (non-hydrogen) atoms. The molecule has 0 radical (unpaired) electrons. The van der Waals surface area contributed by atoms with E-state index < -0.39 is 0 Å². The number of nitrogens with two attached hydrogens (primary N) is 1. The van der Waals surface area contributed by atoms with Gasteiger partial charge in [-0.1, -0.05) is 12.1 Å². The molecule has 112 valence electrons. The Balaban J connectivity index is 2.37. The summed E-state index contributed by atoms with van der Waals surface area (Å²) in [6.07, 6.45) is 0. The van der Waals surface area contributed by atoms with Crippen LogP contribution in [-0.2, 0) is 0 Å². The highest BCUT2D eigenvalue weighted by atomic mass is 79.9. The number of likely N-dealkylation sites (N-methyl/N-ethyl adjacent to an activating group) is 1. The lowest BCUT2D eigenvalue weighted by Crippen LogP contribution is -2.30. The number of rotatable bonds is 4. The molecule has 0 bridgehead atoms. The van der Waals surface area contributed by atoms with E-state index in [1.165, 1.54) is 22.4 Å². The summed E-state index contributed by atoms with van der Waals surface area (Å²) in [7, 11) is 2.10. The third kappa shape index (κ3) is 3.87. The van der Waals surface area contributed by atoms with Gasteiger partial charge in [0.25, 0.3) is 0 Å². The van der Waals surface area contributed by atoms with Crippen LogP contribution in [0.25, 0.3) is 0 Å². The van der Waals surface area contributed by atoms with Crippen LogP contribution in [0.5, 0.6) is 0 Å². The van der Waals surface area contributed by atoms with Crippen molar-refractivity contribution in [3.8, 4) is 0 Å². The van der Waals surface area contributed by atoms with E-state index in [2.05, 4.69) is 94.1 Å². The van der Waals surface area contributed by atoms with E-state index in [4.69, 9.17) is 5.73 Å². The summed E-state index contributed by atoms with van der Waals surface area (Å²) < 4.78 is 2.10. The zero-order chi connectivity index (χ0) is 15.6. The van der Waals surface area contributed by atoms with Crippen molar-refractivity contribution in [1.82, 2.24) is 0 Å². The topological polar surface area (TPSA) is 29.3 Å². The lowest BCUT2D eigenvalue weighted by Gasteiger charge is -2.30. The van der Waals surface area contributed by atoms with E-state index in [-0.39, 0.29) is 6.04 Å². The standard InChI is InChI=1S/C17H20Br2N2/c1-11-6-12(2)8-14(7-11)21(3)17(10-20)13-4-5-15(18)16(19)9-13/h4-9,17H,10,20H2,1-3H3. The first-order chi connectivity index (χ1) is 9.92. The van der Waals surface area contributed by atoms with Crippen molar-refractivity contribution < 1.29 is 0 Å². The van der Waals surface area contributed by atoms with Crippen molar-refractivity contribution in [2.75, 3.05) is 18.5 Å². The summed E-state index contributed by atoms with van der Waals surface area (Å²) >= 11 is 7.08. The summed E-state index contributed by atoms with van der Waals surface area (Å²) in [5.74, 6) is 0. The lowest BCUT2D eigenvalue weighted by atomic mass is 10.0. The molecule has 2 nitrogen and oxygen atoms in total. The van der Waals surface area contributed by atoms with Crippen molar-refractivity contribution in [1.29, 1.82) is 0 Å². The molecule has 0 aromatic heterocycles. The fourth-order valence-corrected chi connectivity index (χ4v) is 3.21. The Hall–Kier alpha value is -0.840. The van der Waals surface area contributed by atoms with Crippen molar-refractivity contribution >= 4 is 37.5 Å². The molecule has 0 fully saturated rings. The molecule has 1 atom stereocenters. The summed E-state index contributed by atoms with van der Waals surface area (Å²) in [5, 5.41) is 0. The molecule has 0 heterocycles. The van der Waals surface area contributed by atoms with Gasteiger partial charge in [0.05, 0.1) is 6.04 Å². The van der Waals surface area contributed by atoms with Crippen molar-refractivity contribution in [2.24, 2.45) is 5.73 Å². The molecule has 0 saturated heterocycles. The number of hydrogen-bond donors (Lipinski definition) is 1. The maximum absolute atomic E-state index is 6.04. The Morgan fingerprint density at radius 3 is 2.14 bits per heavy atom. The Kier molecular flexibility index (Phi) is 5.47. The van der Waals surface area contributed by atoms with Crippen molar-refractivity contribution in [3.05, 3.63) is 62.0 Å². The number of halogens is 2. The largest absolute Gasteiger partial charge is 0.366 e. The first-order valence-electron chi connectivity index (χ1n) is 6.88. The van der Waals surface area contributed by atoms with Crippen LogP contribution in [-0.4, -0.2) is 13.6 Å². The third-order valence-electron chi connectivity index (χ3n) is 3.63. The molecule has 2 N–H and O–H groups in total. The second-order valence-corrected chi connectivity index (χ2v) is 7.09. The molecular formula is C17H20Br2N2. The van der Waals surface area contributed by atoms with Gasteiger partial charge in [0, 0.05) is 28.2 Å². The maximum Gasteiger partial charge on any atom is 0.0661 e. The van der Waals surface area contributed by atoms with Crippen molar-refractivity contribution in [3.63, 3.8) is 0 Å². The van der Waals surface area contributed by atoms with Gasteiger partial charge >= 0.3 is 0 Å². The Morgan fingerprint density at radius 1 is 1.00 bits per heavy atom. The number of anilines is 1. The monoisotopic (exact) mass is 410 g/mol. The number of benzene rings is 2. The van der Waals surface area contributed by atoms with E-state index in [0.717, 1.165) is 8.95 Å². The second kappa shape index (κ2) is 6.95. The smallest absolute Gasteiger partial charge is 0.0661 e. The van der Waals surface area contributed by atoms with E-state index in [0.29, 0.717) is 6.54 Å². The molecule has 2 rings (SSSR count). The minimum Gasteiger partial charge on any atom is -0.366 e. The highest BCUT2D eigenvalue weighted by Crippen LogP contribution is 2.31. The molecule has 0 aliphatic carbocycles. The van der Waals surface area contributed by atoms with Crippen LogP contribution in [0.15, 0.2) is 45.3 Å². The highest BCUT2D eigenvalue weighted by molar-refractivity contribution is 9.13. The summed E-state index contributed by atoms with van der Waals surface area (Å²) in [6.45, 7) is 4.81.